The van der Waals surface area contributed by atoms with E-state index in [2.05, 4.69) is 14.0 Å². The summed E-state index contributed by atoms with van der Waals surface area (Å²) in [5.74, 6) is 0.118. The number of likely N-dealkylation sites (tertiary alicyclic amines) is 2. The fourth-order valence-corrected chi connectivity index (χ4v) is 3.99. The Hall–Kier alpha value is -1.10. The lowest BCUT2D eigenvalue weighted by molar-refractivity contribution is -0.916. The number of nitrogens with zero attached hydrogens (tertiary/aromatic N) is 2. The van der Waals surface area contributed by atoms with Gasteiger partial charge in [0.1, 0.15) is 6.54 Å². The number of hydrogen-bond donors (Lipinski definition) is 0. The van der Waals surface area contributed by atoms with Crippen LogP contribution < -0.4 is 0 Å². The zero-order chi connectivity index (χ0) is 17.4. The highest BCUT2D eigenvalue weighted by atomic mass is 16.5. The molecule has 138 valence electrons. The van der Waals surface area contributed by atoms with E-state index in [1.807, 2.05) is 4.90 Å². The number of ether oxygens (including phenoxy) is 1. The maximum atomic E-state index is 12.2. The van der Waals surface area contributed by atoms with Crippen molar-refractivity contribution < 1.29 is 18.8 Å². The van der Waals surface area contributed by atoms with Crippen molar-refractivity contribution in [3.8, 4) is 0 Å². The van der Waals surface area contributed by atoms with Crippen molar-refractivity contribution in [2.75, 3.05) is 39.8 Å². The highest BCUT2D eigenvalue weighted by Gasteiger charge is 2.33. The topological polar surface area (TPSA) is 46.6 Å². The summed E-state index contributed by atoms with van der Waals surface area (Å²) >= 11 is 0. The van der Waals surface area contributed by atoms with Crippen LogP contribution in [0.15, 0.2) is 0 Å². The normalized spacial score (nSPS) is 21.8. The van der Waals surface area contributed by atoms with E-state index in [0.29, 0.717) is 19.4 Å². The van der Waals surface area contributed by atoms with Crippen molar-refractivity contribution in [1.82, 2.24) is 4.90 Å². The van der Waals surface area contributed by atoms with Crippen LogP contribution in [-0.2, 0) is 14.3 Å². The number of carbonyl (C=O) groups is 2. The van der Waals surface area contributed by atoms with E-state index in [1.54, 1.807) is 0 Å². The molecule has 2 saturated heterocycles. The smallest absolute Gasteiger partial charge is 0.306 e. The molecule has 2 aliphatic heterocycles. The lowest BCUT2D eigenvalue weighted by Gasteiger charge is -2.40. The predicted molar refractivity (Wildman–Crippen MR) is 94.5 cm³/mol. The van der Waals surface area contributed by atoms with Crippen molar-refractivity contribution in [2.45, 2.75) is 70.8 Å². The molecular formula is C19H35N2O3+. The van der Waals surface area contributed by atoms with Crippen LogP contribution in [0.1, 0.15) is 64.7 Å². The van der Waals surface area contributed by atoms with Crippen LogP contribution in [0.5, 0.6) is 0 Å². The molecule has 0 radical (unpaired) electrons. The van der Waals surface area contributed by atoms with E-state index in [0.717, 1.165) is 56.3 Å². The van der Waals surface area contributed by atoms with Crippen LogP contribution in [0.25, 0.3) is 0 Å². The lowest BCUT2D eigenvalue weighted by atomic mass is 10.1. The van der Waals surface area contributed by atoms with E-state index in [-0.39, 0.29) is 18.0 Å². The lowest BCUT2D eigenvalue weighted by Crippen LogP contribution is -2.54. The summed E-state index contributed by atoms with van der Waals surface area (Å²) < 4.78 is 6.79. The second-order valence-electron chi connectivity index (χ2n) is 7.82. The number of unbranched alkanes of at least 4 members (excludes halogenated alkanes) is 2. The van der Waals surface area contributed by atoms with Crippen LogP contribution in [0.2, 0.25) is 0 Å². The fourth-order valence-electron chi connectivity index (χ4n) is 3.99. The second-order valence-corrected chi connectivity index (χ2v) is 7.82. The van der Waals surface area contributed by atoms with Gasteiger partial charge in [-0.15, -0.1) is 0 Å². The first-order valence-electron chi connectivity index (χ1n) is 9.83. The van der Waals surface area contributed by atoms with Crippen molar-refractivity contribution in [1.29, 1.82) is 0 Å². The molecule has 0 aliphatic carbocycles. The maximum Gasteiger partial charge on any atom is 0.306 e. The molecule has 1 amide bonds. The molecule has 0 aromatic carbocycles. The van der Waals surface area contributed by atoms with E-state index in [4.69, 9.17) is 4.74 Å². The number of hydrogen-bond acceptors (Lipinski definition) is 3. The predicted octanol–water partition coefficient (Wildman–Crippen LogP) is 2.73. The SMILES string of the molecule is CCCCCC(=O)O[C@H](CN1CCCC1=O)C[N+]1(C)CCCCC1. The van der Waals surface area contributed by atoms with E-state index >= 15 is 0 Å². The molecule has 0 aromatic rings. The molecule has 5 heteroatoms. The number of carbonyl (C=O) groups excluding carboxylic acids is 2. The summed E-state index contributed by atoms with van der Waals surface area (Å²) in [6.45, 7) is 6.66. The van der Waals surface area contributed by atoms with Gasteiger partial charge in [-0.05, 0) is 32.1 Å². The largest absolute Gasteiger partial charge is 0.454 e. The monoisotopic (exact) mass is 339 g/mol. The minimum Gasteiger partial charge on any atom is -0.454 e. The molecule has 0 aromatic heterocycles. The van der Waals surface area contributed by atoms with Gasteiger partial charge in [0.15, 0.2) is 6.10 Å². The standard InChI is InChI=1S/C19H35N2O3/c1-3-4-6-11-19(23)24-17(15-20-12-9-10-18(20)22)16-21(2)13-7-5-8-14-21/h17H,3-16H2,1-2H3/q+1/t17-/m1/s1. The van der Waals surface area contributed by atoms with Crippen molar-refractivity contribution in [3.63, 3.8) is 0 Å². The first-order valence-corrected chi connectivity index (χ1v) is 9.83. The second kappa shape index (κ2) is 9.40. The summed E-state index contributed by atoms with van der Waals surface area (Å²) in [4.78, 5) is 26.0. The fraction of sp³-hybridized carbons (Fsp3) is 0.895. The first kappa shape index (κ1) is 19.2. The van der Waals surface area contributed by atoms with Crippen molar-refractivity contribution in [3.05, 3.63) is 0 Å². The Kier molecular flexibility index (Phi) is 7.53. The highest BCUT2D eigenvalue weighted by Crippen LogP contribution is 2.20. The molecule has 0 bridgehead atoms. The van der Waals surface area contributed by atoms with Gasteiger partial charge in [-0.1, -0.05) is 19.8 Å². The molecule has 0 unspecified atom stereocenters. The van der Waals surface area contributed by atoms with Crippen LogP contribution in [0.3, 0.4) is 0 Å². The molecule has 2 aliphatic rings. The Morgan fingerprint density at radius 2 is 1.96 bits per heavy atom. The molecular weight excluding hydrogens is 304 g/mol. The van der Waals surface area contributed by atoms with Crippen LogP contribution in [-0.4, -0.2) is 67.1 Å². The van der Waals surface area contributed by atoms with E-state index < -0.39 is 0 Å². The number of quaternary nitrogens is 1. The Morgan fingerprint density at radius 3 is 2.58 bits per heavy atom. The Labute approximate surface area is 146 Å². The third kappa shape index (κ3) is 6.08. The molecule has 1 atom stereocenters. The van der Waals surface area contributed by atoms with Crippen LogP contribution in [0.4, 0.5) is 0 Å². The number of amides is 1. The molecule has 2 heterocycles. The van der Waals surface area contributed by atoms with E-state index in [9.17, 15) is 9.59 Å². The first-order chi connectivity index (χ1) is 11.5. The van der Waals surface area contributed by atoms with Gasteiger partial charge >= 0.3 is 5.97 Å². The average Bonchev–Trinajstić information content (AvgIpc) is 2.93. The number of likely N-dealkylation sites (N-methyl/N-ethyl adjacent to an activating group) is 1. The third-order valence-electron chi connectivity index (χ3n) is 5.42. The van der Waals surface area contributed by atoms with Gasteiger partial charge in [0.05, 0.1) is 26.7 Å². The number of esters is 1. The molecule has 0 saturated carbocycles. The van der Waals surface area contributed by atoms with Crippen molar-refractivity contribution in [2.24, 2.45) is 0 Å². The minimum absolute atomic E-state index is 0.0938. The average molecular weight is 340 g/mol. The molecule has 0 N–H and O–H groups in total. The molecule has 2 rings (SSSR count). The van der Waals surface area contributed by atoms with Gasteiger partial charge in [-0.3, -0.25) is 9.59 Å². The third-order valence-corrected chi connectivity index (χ3v) is 5.42. The summed E-state index contributed by atoms with van der Waals surface area (Å²) in [6, 6.07) is 0. The molecule has 0 spiro atoms. The Morgan fingerprint density at radius 1 is 1.21 bits per heavy atom. The number of piperidine rings is 1. The molecule has 5 nitrogen and oxygen atoms in total. The van der Waals surface area contributed by atoms with E-state index in [1.165, 1.54) is 19.3 Å². The summed E-state index contributed by atoms with van der Waals surface area (Å²) in [5, 5.41) is 0. The van der Waals surface area contributed by atoms with Gasteiger partial charge in [-0.25, -0.2) is 0 Å². The summed E-state index contributed by atoms with van der Waals surface area (Å²) in [7, 11) is 2.27. The van der Waals surface area contributed by atoms with Gasteiger partial charge in [0.2, 0.25) is 5.91 Å². The van der Waals surface area contributed by atoms with Crippen molar-refractivity contribution >= 4 is 11.9 Å². The Bertz CT molecular complexity index is 419. The van der Waals surface area contributed by atoms with Gasteiger partial charge < -0.3 is 14.1 Å². The maximum absolute atomic E-state index is 12.2. The summed E-state index contributed by atoms with van der Waals surface area (Å²) in [5.41, 5.74) is 0. The van der Waals surface area contributed by atoms with Crippen LogP contribution in [0, 0.1) is 0 Å². The molecule has 24 heavy (non-hydrogen) atoms. The molecule has 2 fully saturated rings. The van der Waals surface area contributed by atoms with Gasteiger partial charge in [-0.2, -0.15) is 0 Å². The minimum atomic E-state index is -0.163. The summed E-state index contributed by atoms with van der Waals surface area (Å²) in [6.07, 6.45) is 8.78. The quantitative estimate of drug-likeness (QED) is 0.369. The number of rotatable bonds is 9. The van der Waals surface area contributed by atoms with Gasteiger partial charge in [0.25, 0.3) is 0 Å². The Balaban J connectivity index is 1.92. The zero-order valence-corrected chi connectivity index (χ0v) is 15.6. The van der Waals surface area contributed by atoms with Gasteiger partial charge in [0, 0.05) is 19.4 Å². The highest BCUT2D eigenvalue weighted by molar-refractivity contribution is 5.78. The van der Waals surface area contributed by atoms with Crippen LogP contribution >= 0.6 is 0 Å². The zero-order valence-electron chi connectivity index (χ0n) is 15.6.